The number of carboxylic acid groups (broad SMARTS) is 1. The first-order valence-corrected chi connectivity index (χ1v) is 6.50. The number of aromatic amines is 1. The fourth-order valence-electron chi connectivity index (χ4n) is 1.58. The minimum atomic E-state index is -0.891. The van der Waals surface area contributed by atoms with Gasteiger partial charge in [-0.15, -0.1) is 0 Å². The zero-order valence-corrected chi connectivity index (χ0v) is 11.7. The average Bonchev–Trinajstić information content (AvgIpc) is 2.59. The van der Waals surface area contributed by atoms with Crippen LogP contribution in [0, 0.1) is 13.8 Å². The second-order valence-electron chi connectivity index (χ2n) is 4.91. The molecule has 2 N–H and O–H groups in total. The number of imidazole rings is 1. The van der Waals surface area contributed by atoms with Gasteiger partial charge in [0.15, 0.2) is 5.16 Å². The van der Waals surface area contributed by atoms with Crippen molar-refractivity contribution in [3.63, 3.8) is 0 Å². The molecule has 0 radical (unpaired) electrons. The van der Waals surface area contributed by atoms with E-state index in [1.54, 1.807) is 13.8 Å². The Morgan fingerprint density at radius 3 is 2.56 bits per heavy atom. The van der Waals surface area contributed by atoms with Crippen LogP contribution >= 0.6 is 11.8 Å². The molecule has 96 valence electrons. The minimum absolute atomic E-state index is 0.641. The highest BCUT2D eigenvalue weighted by molar-refractivity contribution is 8.01. The van der Waals surface area contributed by atoms with Crippen molar-refractivity contribution in [1.82, 2.24) is 9.97 Å². The molecule has 0 atom stereocenters. The molecule has 2 rings (SSSR count). The molecule has 1 heterocycles. The highest BCUT2D eigenvalue weighted by Gasteiger charge is 2.29. The third-order valence-electron chi connectivity index (χ3n) is 2.94. The molecule has 0 saturated heterocycles. The highest BCUT2D eigenvalue weighted by atomic mass is 32.2. The lowest BCUT2D eigenvalue weighted by Crippen LogP contribution is -2.27. The van der Waals surface area contributed by atoms with Crippen LogP contribution in [0.15, 0.2) is 17.3 Å². The molecule has 0 aliphatic carbocycles. The number of H-pyrrole nitrogens is 1. The molecule has 1 aromatic carbocycles. The van der Waals surface area contributed by atoms with Gasteiger partial charge in [0.05, 0.1) is 11.0 Å². The van der Waals surface area contributed by atoms with Gasteiger partial charge in [-0.2, -0.15) is 0 Å². The van der Waals surface area contributed by atoms with Gasteiger partial charge < -0.3 is 10.1 Å². The van der Waals surface area contributed by atoms with E-state index in [-0.39, 0.29) is 0 Å². The summed E-state index contributed by atoms with van der Waals surface area (Å²) >= 11 is 1.23. The fraction of sp³-hybridized carbons (Fsp3) is 0.385. The second-order valence-corrected chi connectivity index (χ2v) is 6.52. The van der Waals surface area contributed by atoms with Gasteiger partial charge in [0, 0.05) is 0 Å². The van der Waals surface area contributed by atoms with Crippen molar-refractivity contribution >= 4 is 28.8 Å². The van der Waals surface area contributed by atoms with Crippen molar-refractivity contribution < 1.29 is 9.90 Å². The molecule has 18 heavy (non-hydrogen) atoms. The minimum Gasteiger partial charge on any atom is -0.480 e. The number of fused-ring (bicyclic) bond motifs is 1. The first-order chi connectivity index (χ1) is 8.29. The van der Waals surface area contributed by atoms with Crippen molar-refractivity contribution in [2.24, 2.45) is 0 Å². The van der Waals surface area contributed by atoms with Crippen LogP contribution in [0.4, 0.5) is 0 Å². The summed E-state index contributed by atoms with van der Waals surface area (Å²) in [7, 11) is 0. The average molecular weight is 264 g/mol. The van der Waals surface area contributed by atoms with Crippen LogP contribution < -0.4 is 0 Å². The summed E-state index contributed by atoms with van der Waals surface area (Å²) in [6.07, 6.45) is 0. The Labute approximate surface area is 110 Å². The smallest absolute Gasteiger partial charge is 0.319 e. The molecule has 0 aliphatic rings. The summed E-state index contributed by atoms with van der Waals surface area (Å²) in [5, 5.41) is 9.74. The van der Waals surface area contributed by atoms with Crippen LogP contribution in [0.5, 0.6) is 0 Å². The third-order valence-corrected chi connectivity index (χ3v) is 4.01. The number of rotatable bonds is 3. The summed E-state index contributed by atoms with van der Waals surface area (Å²) in [4.78, 5) is 18.7. The van der Waals surface area contributed by atoms with Crippen LogP contribution in [0.2, 0.25) is 0 Å². The zero-order valence-electron chi connectivity index (χ0n) is 10.9. The lowest BCUT2D eigenvalue weighted by atomic mass is 10.1. The Hall–Kier alpha value is -1.49. The lowest BCUT2D eigenvalue weighted by molar-refractivity contribution is -0.138. The van der Waals surface area contributed by atoms with E-state index in [0.717, 1.165) is 11.0 Å². The molecular weight excluding hydrogens is 248 g/mol. The van der Waals surface area contributed by atoms with Gasteiger partial charge in [-0.05, 0) is 51.0 Å². The first kappa shape index (κ1) is 13.0. The van der Waals surface area contributed by atoms with E-state index < -0.39 is 10.7 Å². The number of benzene rings is 1. The second kappa shape index (κ2) is 4.31. The highest BCUT2D eigenvalue weighted by Crippen LogP contribution is 2.32. The molecule has 5 heteroatoms. The number of carbonyl (C=O) groups is 1. The van der Waals surface area contributed by atoms with E-state index in [0.29, 0.717) is 5.16 Å². The number of hydrogen-bond donors (Lipinski definition) is 2. The Morgan fingerprint density at radius 1 is 1.33 bits per heavy atom. The maximum absolute atomic E-state index is 11.1. The number of thioether (sulfide) groups is 1. The molecule has 0 aliphatic heterocycles. The summed E-state index contributed by atoms with van der Waals surface area (Å²) in [5.41, 5.74) is 4.20. The third kappa shape index (κ3) is 2.36. The molecule has 4 nitrogen and oxygen atoms in total. The molecule has 0 bridgehead atoms. The Morgan fingerprint density at radius 2 is 1.94 bits per heavy atom. The van der Waals surface area contributed by atoms with Crippen molar-refractivity contribution in [3.05, 3.63) is 23.3 Å². The first-order valence-electron chi connectivity index (χ1n) is 5.69. The van der Waals surface area contributed by atoms with Gasteiger partial charge in [0.25, 0.3) is 0 Å². The van der Waals surface area contributed by atoms with Crippen molar-refractivity contribution in [2.75, 3.05) is 0 Å². The van der Waals surface area contributed by atoms with Crippen LogP contribution in [0.25, 0.3) is 11.0 Å². The van der Waals surface area contributed by atoms with Gasteiger partial charge in [0.2, 0.25) is 0 Å². The maximum atomic E-state index is 11.1. The van der Waals surface area contributed by atoms with Crippen LogP contribution in [0.3, 0.4) is 0 Å². The Bertz CT molecular complexity index is 578. The molecule has 2 aromatic rings. The summed E-state index contributed by atoms with van der Waals surface area (Å²) < 4.78 is -0.891. The Kier molecular flexibility index (Phi) is 3.11. The zero-order chi connectivity index (χ0) is 13.5. The van der Waals surface area contributed by atoms with E-state index in [4.69, 9.17) is 5.11 Å². The Balaban J connectivity index is 2.39. The molecule has 0 spiro atoms. The van der Waals surface area contributed by atoms with Crippen LogP contribution in [0.1, 0.15) is 25.0 Å². The standard InChI is InChI=1S/C13H16N2O2S/c1-7-5-9-10(6-8(7)2)15-12(14-9)18-13(3,4)11(16)17/h5-6H,1-4H3,(H,14,15)(H,16,17). The van der Waals surface area contributed by atoms with Gasteiger partial charge in [-0.25, -0.2) is 4.98 Å². The van der Waals surface area contributed by atoms with Crippen molar-refractivity contribution in [2.45, 2.75) is 37.6 Å². The molecular formula is C13H16N2O2S. The number of aryl methyl sites for hydroxylation is 2. The molecule has 0 saturated carbocycles. The normalized spacial score (nSPS) is 12.0. The molecule has 0 amide bonds. The summed E-state index contributed by atoms with van der Waals surface area (Å²) in [6.45, 7) is 7.43. The molecule has 0 unspecified atom stereocenters. The van der Waals surface area contributed by atoms with Crippen molar-refractivity contribution in [1.29, 1.82) is 0 Å². The largest absolute Gasteiger partial charge is 0.480 e. The quantitative estimate of drug-likeness (QED) is 0.836. The van der Waals surface area contributed by atoms with E-state index in [1.807, 2.05) is 26.0 Å². The van der Waals surface area contributed by atoms with Crippen LogP contribution in [-0.2, 0) is 4.79 Å². The number of nitrogens with zero attached hydrogens (tertiary/aromatic N) is 1. The van der Waals surface area contributed by atoms with Gasteiger partial charge >= 0.3 is 5.97 Å². The SMILES string of the molecule is Cc1cc2nc(SC(C)(C)C(=O)O)[nH]c2cc1C. The topological polar surface area (TPSA) is 66.0 Å². The van der Waals surface area contributed by atoms with Gasteiger partial charge in [0.1, 0.15) is 4.75 Å². The number of hydrogen-bond acceptors (Lipinski definition) is 3. The summed E-state index contributed by atoms with van der Waals surface area (Å²) in [5.74, 6) is -0.847. The number of nitrogens with one attached hydrogen (secondary N) is 1. The lowest BCUT2D eigenvalue weighted by Gasteiger charge is -2.15. The summed E-state index contributed by atoms with van der Waals surface area (Å²) in [6, 6.07) is 4.05. The number of carboxylic acids is 1. The van der Waals surface area contributed by atoms with Crippen molar-refractivity contribution in [3.8, 4) is 0 Å². The van der Waals surface area contributed by atoms with Crippen LogP contribution in [-0.4, -0.2) is 25.8 Å². The maximum Gasteiger partial charge on any atom is 0.319 e. The van der Waals surface area contributed by atoms with E-state index >= 15 is 0 Å². The number of aromatic nitrogens is 2. The van der Waals surface area contributed by atoms with E-state index in [1.165, 1.54) is 22.9 Å². The molecule has 1 aromatic heterocycles. The van der Waals surface area contributed by atoms with E-state index in [9.17, 15) is 4.79 Å². The van der Waals surface area contributed by atoms with Gasteiger partial charge in [-0.3, -0.25) is 4.79 Å². The predicted molar refractivity (Wildman–Crippen MR) is 73.1 cm³/mol. The predicted octanol–water partition coefficient (Wildman–Crippen LogP) is 3.14. The van der Waals surface area contributed by atoms with Gasteiger partial charge in [-0.1, -0.05) is 11.8 Å². The monoisotopic (exact) mass is 264 g/mol. The number of aliphatic carboxylic acids is 1. The van der Waals surface area contributed by atoms with E-state index in [2.05, 4.69) is 9.97 Å². The fourth-order valence-corrected chi connectivity index (χ4v) is 2.46. The molecule has 0 fully saturated rings.